The maximum absolute atomic E-state index is 12.8. The van der Waals surface area contributed by atoms with E-state index in [4.69, 9.17) is 0 Å². The van der Waals surface area contributed by atoms with Crippen LogP contribution in [0.3, 0.4) is 0 Å². The van der Waals surface area contributed by atoms with Crippen molar-refractivity contribution in [1.82, 2.24) is 5.32 Å². The van der Waals surface area contributed by atoms with E-state index in [-0.39, 0.29) is 32.0 Å². The topological polar surface area (TPSA) is 38.3 Å². The van der Waals surface area contributed by atoms with Gasteiger partial charge < -0.3 is 4.74 Å². The fourth-order valence-electron chi connectivity index (χ4n) is 1.16. The molecule has 1 atom stereocenters. The van der Waals surface area contributed by atoms with Gasteiger partial charge in [0.2, 0.25) is 0 Å². The molecule has 78 valence electrons. The largest absolute Gasteiger partial charge is 0.465 e. The van der Waals surface area contributed by atoms with Crippen LogP contribution >= 0.6 is 12.4 Å². The maximum Gasteiger partial charge on any atom is 0.329 e. The molecule has 1 unspecified atom stereocenters. The van der Waals surface area contributed by atoms with Gasteiger partial charge in [-0.25, -0.2) is 8.78 Å². The van der Waals surface area contributed by atoms with Gasteiger partial charge in [-0.15, -0.1) is 12.4 Å². The van der Waals surface area contributed by atoms with Gasteiger partial charge in [0, 0.05) is 13.0 Å². The Labute approximate surface area is 81.2 Å². The summed E-state index contributed by atoms with van der Waals surface area (Å²) in [6, 6.07) is -1.45. The quantitative estimate of drug-likeness (QED) is 0.698. The third-order valence-electron chi connectivity index (χ3n) is 1.75. The Morgan fingerprint density at radius 2 is 2.31 bits per heavy atom. The first-order valence-electron chi connectivity index (χ1n) is 3.86. The van der Waals surface area contributed by atoms with Gasteiger partial charge >= 0.3 is 5.97 Å². The van der Waals surface area contributed by atoms with Gasteiger partial charge in [0.15, 0.2) is 6.04 Å². The highest BCUT2D eigenvalue weighted by atomic mass is 35.5. The normalized spacial score (nSPS) is 25.0. The van der Waals surface area contributed by atoms with Gasteiger partial charge in [0.1, 0.15) is 0 Å². The maximum atomic E-state index is 12.8. The number of hydrogen-bond donors (Lipinski definition) is 1. The number of esters is 1. The molecule has 1 rings (SSSR count). The summed E-state index contributed by atoms with van der Waals surface area (Å²) in [4.78, 5) is 10.9. The average molecular weight is 216 g/mol. The summed E-state index contributed by atoms with van der Waals surface area (Å²) in [5.74, 6) is -3.81. The van der Waals surface area contributed by atoms with Crippen LogP contribution in [0, 0.1) is 0 Å². The van der Waals surface area contributed by atoms with E-state index in [0.29, 0.717) is 0 Å². The van der Waals surface area contributed by atoms with E-state index < -0.39 is 17.9 Å². The zero-order valence-electron chi connectivity index (χ0n) is 7.18. The molecule has 1 N–H and O–H groups in total. The van der Waals surface area contributed by atoms with Crippen LogP contribution in [0.25, 0.3) is 0 Å². The lowest BCUT2D eigenvalue weighted by molar-refractivity contribution is -0.153. The van der Waals surface area contributed by atoms with Crippen molar-refractivity contribution in [3.8, 4) is 0 Å². The molecular formula is C7H12ClF2NO2. The number of carbonyl (C=O) groups is 1. The molecule has 0 bridgehead atoms. The Morgan fingerprint density at radius 3 is 2.69 bits per heavy atom. The molecule has 0 spiro atoms. The van der Waals surface area contributed by atoms with E-state index in [9.17, 15) is 13.6 Å². The Morgan fingerprint density at radius 1 is 1.69 bits per heavy atom. The van der Waals surface area contributed by atoms with Crippen molar-refractivity contribution in [1.29, 1.82) is 0 Å². The second-order valence-corrected chi connectivity index (χ2v) is 2.65. The molecule has 13 heavy (non-hydrogen) atoms. The smallest absolute Gasteiger partial charge is 0.329 e. The van der Waals surface area contributed by atoms with Gasteiger partial charge in [-0.05, 0) is 6.92 Å². The highest BCUT2D eigenvalue weighted by molar-refractivity contribution is 5.85. The van der Waals surface area contributed by atoms with Crippen LogP contribution in [0.2, 0.25) is 0 Å². The van der Waals surface area contributed by atoms with E-state index in [1.165, 1.54) is 0 Å². The van der Waals surface area contributed by atoms with Crippen LogP contribution < -0.4 is 5.32 Å². The summed E-state index contributed by atoms with van der Waals surface area (Å²) in [5.41, 5.74) is 0. The third kappa shape index (κ3) is 2.77. The van der Waals surface area contributed by atoms with Gasteiger partial charge in [-0.1, -0.05) is 0 Å². The second-order valence-electron chi connectivity index (χ2n) is 2.65. The highest BCUT2D eigenvalue weighted by Gasteiger charge is 2.49. The van der Waals surface area contributed by atoms with Gasteiger partial charge in [-0.2, -0.15) is 0 Å². The van der Waals surface area contributed by atoms with Crippen LogP contribution in [-0.4, -0.2) is 31.1 Å². The number of halogens is 3. The van der Waals surface area contributed by atoms with Crippen LogP contribution in [0.5, 0.6) is 0 Å². The highest BCUT2D eigenvalue weighted by Crippen LogP contribution is 2.28. The van der Waals surface area contributed by atoms with Crippen molar-refractivity contribution in [2.24, 2.45) is 0 Å². The molecule has 1 aliphatic heterocycles. The zero-order valence-corrected chi connectivity index (χ0v) is 8.00. The van der Waals surface area contributed by atoms with Crippen molar-refractivity contribution in [3.05, 3.63) is 0 Å². The van der Waals surface area contributed by atoms with Crippen molar-refractivity contribution in [2.75, 3.05) is 13.2 Å². The van der Waals surface area contributed by atoms with Crippen molar-refractivity contribution in [2.45, 2.75) is 25.3 Å². The third-order valence-corrected chi connectivity index (χ3v) is 1.75. The summed E-state index contributed by atoms with van der Waals surface area (Å²) in [6.45, 7) is 1.88. The van der Waals surface area contributed by atoms with Crippen molar-refractivity contribution < 1.29 is 18.3 Å². The number of ether oxygens (including phenoxy) is 1. The standard InChI is InChI=1S/C7H11F2NO2.ClH/c1-2-12-6(11)5-7(8,9)3-4-10-5;/h5,10H,2-4H2,1H3;1H. The second kappa shape index (κ2) is 4.72. The Hall–Kier alpha value is -0.420. The van der Waals surface area contributed by atoms with Gasteiger partial charge in [-0.3, -0.25) is 10.1 Å². The Kier molecular flexibility index (Phi) is 4.56. The van der Waals surface area contributed by atoms with E-state index in [1.807, 2.05) is 0 Å². The number of hydrogen-bond acceptors (Lipinski definition) is 3. The molecule has 6 heteroatoms. The van der Waals surface area contributed by atoms with E-state index in [2.05, 4.69) is 10.1 Å². The number of nitrogens with one attached hydrogen (secondary N) is 1. The molecule has 3 nitrogen and oxygen atoms in total. The van der Waals surface area contributed by atoms with Crippen LogP contribution in [0.15, 0.2) is 0 Å². The van der Waals surface area contributed by atoms with E-state index >= 15 is 0 Å². The minimum absolute atomic E-state index is 0. The molecule has 0 aromatic carbocycles. The zero-order chi connectivity index (χ0) is 9.19. The number of alkyl halides is 2. The molecule has 0 saturated carbocycles. The molecule has 0 amide bonds. The van der Waals surface area contributed by atoms with Gasteiger partial charge in [0.25, 0.3) is 5.92 Å². The minimum Gasteiger partial charge on any atom is -0.465 e. The number of rotatable bonds is 2. The number of carbonyl (C=O) groups excluding carboxylic acids is 1. The van der Waals surface area contributed by atoms with E-state index in [0.717, 1.165) is 0 Å². The lowest BCUT2D eigenvalue weighted by Gasteiger charge is -2.16. The fourth-order valence-corrected chi connectivity index (χ4v) is 1.16. The monoisotopic (exact) mass is 215 g/mol. The van der Waals surface area contributed by atoms with Gasteiger partial charge in [0.05, 0.1) is 6.61 Å². The molecule has 0 aromatic rings. The first kappa shape index (κ1) is 12.6. The molecule has 1 saturated heterocycles. The Balaban J connectivity index is 0.00000144. The summed E-state index contributed by atoms with van der Waals surface area (Å²) >= 11 is 0. The minimum atomic E-state index is -2.95. The first-order chi connectivity index (χ1) is 5.58. The van der Waals surface area contributed by atoms with Crippen LogP contribution in [0.4, 0.5) is 8.78 Å². The SMILES string of the molecule is CCOC(=O)C1NCCC1(F)F.Cl. The fraction of sp³-hybridized carbons (Fsp3) is 0.857. The van der Waals surface area contributed by atoms with Crippen LogP contribution in [-0.2, 0) is 9.53 Å². The molecule has 1 heterocycles. The van der Waals surface area contributed by atoms with Crippen LogP contribution in [0.1, 0.15) is 13.3 Å². The summed E-state index contributed by atoms with van der Waals surface area (Å²) < 4.78 is 30.1. The molecule has 0 aromatic heterocycles. The molecule has 0 radical (unpaired) electrons. The molecular weight excluding hydrogens is 204 g/mol. The molecule has 1 fully saturated rings. The van der Waals surface area contributed by atoms with Crippen molar-refractivity contribution >= 4 is 18.4 Å². The summed E-state index contributed by atoms with van der Waals surface area (Å²) in [7, 11) is 0. The predicted molar refractivity (Wildman–Crippen MR) is 45.2 cm³/mol. The molecule has 1 aliphatic rings. The predicted octanol–water partition coefficient (Wildman–Crippen LogP) is 0.969. The lowest BCUT2D eigenvalue weighted by atomic mass is 10.1. The summed E-state index contributed by atoms with van der Waals surface area (Å²) in [5, 5.41) is 2.41. The Bertz CT molecular complexity index is 189. The molecule has 0 aliphatic carbocycles. The van der Waals surface area contributed by atoms with Crippen molar-refractivity contribution in [3.63, 3.8) is 0 Å². The summed E-state index contributed by atoms with van der Waals surface area (Å²) in [6.07, 6.45) is -0.295. The average Bonchev–Trinajstić information content (AvgIpc) is 2.30. The first-order valence-corrected chi connectivity index (χ1v) is 3.86. The lowest BCUT2D eigenvalue weighted by Crippen LogP contribution is -2.43. The van der Waals surface area contributed by atoms with E-state index in [1.54, 1.807) is 6.92 Å².